The molecule has 0 amide bonds. The van der Waals surface area contributed by atoms with E-state index in [4.69, 9.17) is 4.74 Å². The largest absolute Gasteiger partial charge is 0.494 e. The maximum Gasteiger partial charge on any atom is 0.187 e. The Labute approximate surface area is 191 Å². The molecule has 0 unspecified atom stereocenters. The minimum atomic E-state index is 0.0493. The van der Waals surface area contributed by atoms with Gasteiger partial charge in [-0.25, -0.2) is 0 Å². The zero-order valence-corrected chi connectivity index (χ0v) is 20.7. The molecular weight excluding hydrogens is 384 g/mol. The summed E-state index contributed by atoms with van der Waals surface area (Å²) in [5, 5.41) is 3.41. The summed E-state index contributed by atoms with van der Waals surface area (Å²) in [6.07, 6.45) is 10.9. The number of benzene rings is 1. The van der Waals surface area contributed by atoms with E-state index in [9.17, 15) is 4.79 Å². The van der Waals surface area contributed by atoms with Crippen LogP contribution in [0.15, 0.2) is 36.0 Å². The fraction of sp³-hybridized carbons (Fsp3) is 0.667. The smallest absolute Gasteiger partial charge is 0.187 e. The van der Waals surface area contributed by atoms with Gasteiger partial charge in [0.25, 0.3) is 0 Å². The van der Waals surface area contributed by atoms with Crippen molar-refractivity contribution in [1.29, 1.82) is 0 Å². The van der Waals surface area contributed by atoms with Gasteiger partial charge in [0.1, 0.15) is 5.75 Å². The zero-order chi connectivity index (χ0) is 22.9. The molecule has 0 aliphatic rings. The Morgan fingerprint density at radius 3 is 2.06 bits per heavy atom. The zero-order valence-electron chi connectivity index (χ0n) is 20.7. The lowest BCUT2D eigenvalue weighted by atomic mass is 10.1. The molecule has 0 radical (unpaired) electrons. The van der Waals surface area contributed by atoms with Gasteiger partial charge in [0.15, 0.2) is 5.78 Å². The van der Waals surface area contributed by atoms with E-state index in [1.165, 1.54) is 38.8 Å². The van der Waals surface area contributed by atoms with E-state index >= 15 is 0 Å². The molecule has 0 aliphatic heterocycles. The summed E-state index contributed by atoms with van der Waals surface area (Å²) >= 11 is 0. The summed E-state index contributed by atoms with van der Waals surface area (Å²) in [7, 11) is 0. The van der Waals surface area contributed by atoms with Crippen LogP contribution in [0.2, 0.25) is 0 Å². The van der Waals surface area contributed by atoms with E-state index in [1.807, 2.05) is 24.3 Å². The highest BCUT2D eigenvalue weighted by Gasteiger charge is 2.08. The standard InChI is InChI=1S/C27H46N2O2/c1-6-9-13-25(28-23(4)5)22-27(30)24-14-16-26(17-15-24)31-21-12-20-29(18-10-7-2)19-11-8-3/h14-17,22-23,28H,6-13,18-21H2,1-5H3/b25-22-. The molecule has 1 N–H and O–H groups in total. The summed E-state index contributed by atoms with van der Waals surface area (Å²) in [5.74, 6) is 0.883. The van der Waals surface area contributed by atoms with Gasteiger partial charge >= 0.3 is 0 Å². The van der Waals surface area contributed by atoms with Crippen molar-refractivity contribution in [2.45, 2.75) is 92.0 Å². The molecule has 0 atom stereocenters. The molecule has 0 aromatic heterocycles. The van der Waals surface area contributed by atoms with Crippen LogP contribution >= 0.6 is 0 Å². The third-order valence-electron chi connectivity index (χ3n) is 5.26. The predicted molar refractivity (Wildman–Crippen MR) is 133 cm³/mol. The number of unbranched alkanes of at least 4 members (excludes halogenated alkanes) is 3. The lowest BCUT2D eigenvalue weighted by molar-refractivity contribution is 0.104. The monoisotopic (exact) mass is 430 g/mol. The number of ketones is 1. The maximum absolute atomic E-state index is 12.7. The number of carbonyl (C=O) groups is 1. The van der Waals surface area contributed by atoms with Crippen LogP contribution in [0.3, 0.4) is 0 Å². The molecule has 0 heterocycles. The first-order valence-corrected chi connectivity index (χ1v) is 12.5. The third-order valence-corrected chi connectivity index (χ3v) is 5.26. The lowest BCUT2D eigenvalue weighted by Gasteiger charge is -2.21. The van der Waals surface area contributed by atoms with Crippen LogP contribution in [0.25, 0.3) is 0 Å². The van der Waals surface area contributed by atoms with E-state index in [0.29, 0.717) is 18.2 Å². The van der Waals surface area contributed by atoms with E-state index in [0.717, 1.165) is 43.7 Å². The molecule has 1 aromatic carbocycles. The van der Waals surface area contributed by atoms with Gasteiger partial charge in [-0.2, -0.15) is 0 Å². The molecule has 0 aliphatic carbocycles. The fourth-order valence-electron chi connectivity index (χ4n) is 3.46. The Bertz CT molecular complexity index is 615. The molecule has 1 aromatic rings. The molecule has 0 fully saturated rings. The van der Waals surface area contributed by atoms with Crippen LogP contribution in [0.5, 0.6) is 5.75 Å². The normalized spacial score (nSPS) is 11.9. The van der Waals surface area contributed by atoms with Crippen LogP contribution in [-0.4, -0.2) is 43.0 Å². The van der Waals surface area contributed by atoms with Crippen LogP contribution in [0.1, 0.15) is 96.3 Å². The molecule has 0 bridgehead atoms. The second-order valence-corrected chi connectivity index (χ2v) is 8.71. The van der Waals surface area contributed by atoms with Gasteiger partial charge in [-0.1, -0.05) is 40.0 Å². The number of ether oxygens (including phenoxy) is 1. The highest BCUT2D eigenvalue weighted by Crippen LogP contribution is 2.15. The van der Waals surface area contributed by atoms with Crippen molar-refractivity contribution in [2.75, 3.05) is 26.2 Å². The quantitative estimate of drug-likeness (QED) is 0.162. The molecule has 0 spiro atoms. The number of rotatable bonds is 18. The Morgan fingerprint density at radius 2 is 1.52 bits per heavy atom. The maximum atomic E-state index is 12.7. The van der Waals surface area contributed by atoms with Gasteiger partial charge in [-0.15, -0.1) is 0 Å². The van der Waals surface area contributed by atoms with Crippen LogP contribution in [0.4, 0.5) is 0 Å². The number of allylic oxidation sites excluding steroid dienone is 2. The average molecular weight is 431 g/mol. The molecule has 4 nitrogen and oxygen atoms in total. The van der Waals surface area contributed by atoms with Gasteiger partial charge in [0.05, 0.1) is 6.61 Å². The van der Waals surface area contributed by atoms with Crippen molar-refractivity contribution >= 4 is 5.78 Å². The summed E-state index contributed by atoms with van der Waals surface area (Å²) in [4.78, 5) is 15.2. The van der Waals surface area contributed by atoms with E-state index < -0.39 is 0 Å². The van der Waals surface area contributed by atoms with Gasteiger partial charge in [0, 0.05) is 29.9 Å². The third kappa shape index (κ3) is 12.6. The molecular formula is C27H46N2O2. The average Bonchev–Trinajstić information content (AvgIpc) is 2.76. The van der Waals surface area contributed by atoms with Crippen LogP contribution in [0, 0.1) is 0 Å². The van der Waals surface area contributed by atoms with Gasteiger partial charge < -0.3 is 15.0 Å². The predicted octanol–water partition coefficient (Wildman–Crippen LogP) is 6.61. The minimum absolute atomic E-state index is 0.0493. The molecule has 1 rings (SSSR count). The first-order valence-electron chi connectivity index (χ1n) is 12.5. The van der Waals surface area contributed by atoms with E-state index in [-0.39, 0.29) is 5.78 Å². The summed E-state index contributed by atoms with van der Waals surface area (Å²) in [5.41, 5.74) is 1.73. The second-order valence-electron chi connectivity index (χ2n) is 8.71. The number of hydrogen-bond donors (Lipinski definition) is 1. The Kier molecular flexibility index (Phi) is 14.8. The Morgan fingerprint density at radius 1 is 0.935 bits per heavy atom. The van der Waals surface area contributed by atoms with E-state index in [1.54, 1.807) is 6.08 Å². The summed E-state index contributed by atoms with van der Waals surface area (Å²) < 4.78 is 5.92. The van der Waals surface area contributed by atoms with Crippen molar-refractivity contribution in [3.8, 4) is 5.75 Å². The minimum Gasteiger partial charge on any atom is -0.494 e. The summed E-state index contributed by atoms with van der Waals surface area (Å²) in [6, 6.07) is 7.89. The van der Waals surface area contributed by atoms with Crippen molar-refractivity contribution in [3.63, 3.8) is 0 Å². The first kappa shape index (κ1) is 27.2. The Balaban J connectivity index is 2.52. The highest BCUT2D eigenvalue weighted by molar-refractivity contribution is 6.04. The highest BCUT2D eigenvalue weighted by atomic mass is 16.5. The van der Waals surface area contributed by atoms with Crippen molar-refractivity contribution in [3.05, 3.63) is 41.6 Å². The topological polar surface area (TPSA) is 41.6 Å². The molecule has 31 heavy (non-hydrogen) atoms. The van der Waals surface area contributed by atoms with Crippen LogP contribution in [-0.2, 0) is 0 Å². The van der Waals surface area contributed by atoms with Gasteiger partial charge in [-0.3, -0.25) is 4.79 Å². The second kappa shape index (κ2) is 16.8. The molecule has 176 valence electrons. The van der Waals surface area contributed by atoms with Gasteiger partial charge in [-0.05, 0) is 83.3 Å². The van der Waals surface area contributed by atoms with Crippen molar-refractivity contribution in [1.82, 2.24) is 10.2 Å². The van der Waals surface area contributed by atoms with E-state index in [2.05, 4.69) is 44.8 Å². The lowest BCUT2D eigenvalue weighted by Crippen LogP contribution is -2.28. The molecule has 4 heteroatoms. The molecule has 0 saturated carbocycles. The summed E-state index contributed by atoms with van der Waals surface area (Å²) in [6.45, 7) is 15.0. The number of nitrogens with one attached hydrogen (secondary N) is 1. The SMILES string of the molecule is CCCC/C(=C/C(=O)c1ccc(OCCCN(CCCC)CCCC)cc1)NC(C)C. The Hall–Kier alpha value is -1.81. The number of carbonyl (C=O) groups excluding carboxylic acids is 1. The first-order chi connectivity index (χ1) is 15.0. The number of hydrogen-bond acceptors (Lipinski definition) is 4. The van der Waals surface area contributed by atoms with Crippen molar-refractivity contribution in [2.24, 2.45) is 0 Å². The van der Waals surface area contributed by atoms with Gasteiger partial charge in [0.2, 0.25) is 0 Å². The van der Waals surface area contributed by atoms with Crippen LogP contribution < -0.4 is 10.1 Å². The number of nitrogens with zero attached hydrogens (tertiary/aromatic N) is 1. The molecule has 0 saturated heterocycles. The fourth-order valence-corrected chi connectivity index (χ4v) is 3.46. The van der Waals surface area contributed by atoms with Crippen molar-refractivity contribution < 1.29 is 9.53 Å².